The zero-order valence-electron chi connectivity index (χ0n) is 28.5. The first-order valence-electron chi connectivity index (χ1n) is 17.3. The van der Waals surface area contributed by atoms with Crippen molar-refractivity contribution in [3.63, 3.8) is 0 Å². The second-order valence-electron chi connectivity index (χ2n) is 14.0. The molecule has 2 aromatic carbocycles. The highest BCUT2D eigenvalue weighted by Crippen LogP contribution is 2.46. The molecule has 1 amide bonds. The van der Waals surface area contributed by atoms with E-state index in [1.54, 1.807) is 24.3 Å². The van der Waals surface area contributed by atoms with Gasteiger partial charge < -0.3 is 19.5 Å². The van der Waals surface area contributed by atoms with Crippen LogP contribution in [0.25, 0.3) is 0 Å². The van der Waals surface area contributed by atoms with Crippen LogP contribution in [0, 0.1) is 17.8 Å². The maximum absolute atomic E-state index is 13.6. The number of hydrogen-bond donors (Lipinski definition) is 2. The predicted octanol–water partition coefficient (Wildman–Crippen LogP) is 6.84. The molecule has 0 radical (unpaired) electrons. The number of amides is 1. The van der Waals surface area contributed by atoms with Crippen LogP contribution in [0.15, 0.2) is 61.2 Å². The minimum atomic E-state index is -4.06. The second kappa shape index (κ2) is 15.8. The fourth-order valence-electron chi connectivity index (χ4n) is 7.76. The topological polar surface area (TPSA) is 105 Å². The number of nitrogens with one attached hydrogen (secondary N) is 1. The number of fused-ring (bicyclic) bond motifs is 3. The third-order valence-electron chi connectivity index (χ3n) is 10.6. The molecule has 10 heteroatoms. The molecule has 2 N–H and O–H groups in total. The molecule has 3 unspecified atom stereocenters. The van der Waals surface area contributed by atoms with Gasteiger partial charge in [-0.15, -0.1) is 6.58 Å². The molecule has 1 spiro atoms. The van der Waals surface area contributed by atoms with Gasteiger partial charge in [0, 0.05) is 36.2 Å². The summed E-state index contributed by atoms with van der Waals surface area (Å²) in [6, 6.07) is 11.3. The van der Waals surface area contributed by atoms with Gasteiger partial charge in [0.2, 0.25) is 10.0 Å². The molecule has 0 saturated heterocycles. The fourth-order valence-corrected chi connectivity index (χ4v) is 9.52. The fraction of sp³-hybridized carbons (Fsp3) is 0.553. The van der Waals surface area contributed by atoms with E-state index in [1.165, 1.54) is 18.2 Å². The molecular formula is C38H51ClN2O6S. The Labute approximate surface area is 291 Å². The average Bonchev–Trinajstić information content (AvgIpc) is 3.18. The standard InChI is InChI=1S/C38H51ClN2O6S/c1-5-7-8-12-34(42)31-16-13-29(31)22-41-24-38(19-9-11-27-20-30(39)15-17-32(27)38)25-47-35-18-14-28(21-33(35)41)37(43)40-48(44,45)36(23-46-4)26(3)10-6-2/h6,8,12,14-15,17-18,20-21,26,29,31,34,36,42H,2,5,7,9-11,13,16,19,22-25H2,1,3-4H3,(H,40,43)/b12-8+/t26?,29-,31+,34?,36?,38-/m0/s1. The second-order valence-corrected chi connectivity index (χ2v) is 16.3. The average molecular weight is 699 g/mol. The van der Waals surface area contributed by atoms with Crippen LogP contribution < -0.4 is 14.4 Å². The first-order chi connectivity index (χ1) is 23.0. The highest BCUT2D eigenvalue weighted by Gasteiger charge is 2.44. The van der Waals surface area contributed by atoms with Gasteiger partial charge in [-0.05, 0) is 104 Å². The lowest BCUT2D eigenvalue weighted by atomic mass is 9.68. The van der Waals surface area contributed by atoms with E-state index in [9.17, 15) is 18.3 Å². The number of ether oxygens (including phenoxy) is 2. The van der Waals surface area contributed by atoms with Gasteiger partial charge in [0.15, 0.2) is 0 Å². The van der Waals surface area contributed by atoms with Crippen molar-refractivity contribution in [2.75, 3.05) is 38.3 Å². The molecule has 8 nitrogen and oxygen atoms in total. The van der Waals surface area contributed by atoms with E-state index in [-0.39, 0.29) is 35.3 Å². The van der Waals surface area contributed by atoms with Gasteiger partial charge in [-0.1, -0.05) is 56.2 Å². The molecule has 1 aliphatic heterocycles. The van der Waals surface area contributed by atoms with Crippen molar-refractivity contribution >= 4 is 33.2 Å². The molecule has 0 bridgehead atoms. The SMILES string of the molecule is C=CCC(C)C(COC)S(=O)(=O)NC(=O)c1ccc2c(c1)N(C[C@@H]1CC[C@H]1C(O)/C=C/CCC)C[C@@]1(CCCc3cc(Cl)ccc31)CO2. The number of aliphatic hydroxyl groups is 1. The summed E-state index contributed by atoms with van der Waals surface area (Å²) in [7, 11) is -2.61. The Bertz CT molecular complexity index is 1600. The zero-order valence-corrected chi connectivity index (χ0v) is 30.1. The van der Waals surface area contributed by atoms with Crippen LogP contribution >= 0.6 is 11.6 Å². The van der Waals surface area contributed by atoms with Gasteiger partial charge in [0.05, 0.1) is 25.0 Å². The number of allylic oxidation sites excluding steroid dienone is 2. The minimum Gasteiger partial charge on any atom is -0.490 e. The maximum Gasteiger partial charge on any atom is 0.264 e. The molecule has 3 aliphatic rings. The maximum atomic E-state index is 13.6. The van der Waals surface area contributed by atoms with Crippen molar-refractivity contribution in [1.29, 1.82) is 0 Å². The van der Waals surface area contributed by atoms with E-state index >= 15 is 0 Å². The van der Waals surface area contributed by atoms with Crippen LogP contribution in [0.3, 0.4) is 0 Å². The first-order valence-corrected chi connectivity index (χ1v) is 19.3. The van der Waals surface area contributed by atoms with Crippen molar-refractivity contribution < 1.29 is 27.8 Å². The number of carbonyl (C=O) groups excluding carboxylic acids is 1. The van der Waals surface area contributed by atoms with E-state index in [0.29, 0.717) is 31.9 Å². The zero-order chi connectivity index (χ0) is 34.5. The summed E-state index contributed by atoms with van der Waals surface area (Å²) in [6.45, 7) is 9.45. The van der Waals surface area contributed by atoms with E-state index < -0.39 is 27.3 Å². The molecule has 1 fully saturated rings. The van der Waals surface area contributed by atoms with Crippen LogP contribution in [0.4, 0.5) is 5.69 Å². The van der Waals surface area contributed by atoms with Crippen molar-refractivity contribution in [3.8, 4) is 5.75 Å². The van der Waals surface area contributed by atoms with Crippen LogP contribution in [-0.2, 0) is 26.6 Å². The van der Waals surface area contributed by atoms with Crippen molar-refractivity contribution in [1.82, 2.24) is 4.72 Å². The van der Waals surface area contributed by atoms with E-state index in [1.807, 2.05) is 19.1 Å². The number of sulfonamides is 1. The number of hydrogen-bond acceptors (Lipinski definition) is 7. The number of aliphatic hydroxyl groups excluding tert-OH is 1. The Hall–Kier alpha value is -2.85. The van der Waals surface area contributed by atoms with Gasteiger partial charge in [0.1, 0.15) is 11.0 Å². The number of nitrogens with zero attached hydrogens (tertiary/aromatic N) is 1. The van der Waals surface area contributed by atoms with Gasteiger partial charge >= 0.3 is 0 Å². The molecule has 0 aromatic heterocycles. The Balaban J connectivity index is 1.47. The molecule has 5 rings (SSSR count). The molecule has 1 heterocycles. The largest absolute Gasteiger partial charge is 0.490 e. The Morgan fingerprint density at radius 3 is 2.79 bits per heavy atom. The minimum absolute atomic E-state index is 0.0414. The molecule has 1 saturated carbocycles. The lowest BCUT2D eigenvalue weighted by molar-refractivity contribution is 0.0456. The van der Waals surface area contributed by atoms with Gasteiger partial charge in [-0.3, -0.25) is 4.79 Å². The number of halogens is 1. The number of anilines is 1. The molecule has 6 atom stereocenters. The van der Waals surface area contributed by atoms with Crippen LogP contribution in [0.1, 0.15) is 80.3 Å². The summed E-state index contributed by atoms with van der Waals surface area (Å²) in [5, 5.41) is 10.9. The third kappa shape index (κ3) is 7.96. The number of methoxy groups -OCH3 is 1. The molecule has 262 valence electrons. The lowest BCUT2D eigenvalue weighted by Crippen LogP contribution is -2.49. The number of rotatable bonds is 14. The van der Waals surface area contributed by atoms with Gasteiger partial charge in [-0.25, -0.2) is 13.1 Å². The van der Waals surface area contributed by atoms with Crippen molar-refractivity contribution in [2.24, 2.45) is 17.8 Å². The van der Waals surface area contributed by atoms with Crippen LogP contribution in [0.5, 0.6) is 5.75 Å². The van der Waals surface area contributed by atoms with E-state index in [0.717, 1.165) is 55.7 Å². The monoisotopic (exact) mass is 698 g/mol. The number of carbonyl (C=O) groups is 1. The van der Waals surface area contributed by atoms with Gasteiger partial charge in [0.25, 0.3) is 5.91 Å². The Morgan fingerprint density at radius 1 is 1.27 bits per heavy atom. The summed E-state index contributed by atoms with van der Waals surface area (Å²) in [6.07, 6.45) is 12.5. The first kappa shape index (κ1) is 36.4. The van der Waals surface area contributed by atoms with Crippen molar-refractivity contribution in [2.45, 2.75) is 82.0 Å². The van der Waals surface area contributed by atoms with Crippen LogP contribution in [-0.4, -0.2) is 64.2 Å². The quantitative estimate of drug-likeness (QED) is 0.208. The van der Waals surface area contributed by atoms with Crippen LogP contribution in [0.2, 0.25) is 5.02 Å². The highest BCUT2D eigenvalue weighted by molar-refractivity contribution is 7.90. The summed E-state index contributed by atoms with van der Waals surface area (Å²) >= 11 is 6.42. The Kier molecular flexibility index (Phi) is 12.0. The summed E-state index contributed by atoms with van der Waals surface area (Å²) in [4.78, 5) is 15.9. The third-order valence-corrected chi connectivity index (χ3v) is 12.7. The summed E-state index contributed by atoms with van der Waals surface area (Å²) in [5.41, 5.74) is 3.18. The smallest absolute Gasteiger partial charge is 0.264 e. The molecule has 2 aliphatic carbocycles. The van der Waals surface area contributed by atoms with E-state index in [2.05, 4.69) is 41.3 Å². The summed E-state index contributed by atoms with van der Waals surface area (Å²) in [5.74, 6) is 0.0612. The van der Waals surface area contributed by atoms with Gasteiger partial charge in [-0.2, -0.15) is 0 Å². The number of aryl methyl sites for hydroxylation is 1. The molecule has 2 aromatic rings. The number of benzene rings is 2. The lowest BCUT2D eigenvalue weighted by Gasteiger charge is -2.45. The highest BCUT2D eigenvalue weighted by atomic mass is 35.5. The summed E-state index contributed by atoms with van der Waals surface area (Å²) < 4.78 is 41.0. The predicted molar refractivity (Wildman–Crippen MR) is 193 cm³/mol. The Morgan fingerprint density at radius 2 is 2.08 bits per heavy atom. The normalized spacial score (nSPS) is 24.1. The van der Waals surface area contributed by atoms with E-state index in [4.69, 9.17) is 21.1 Å². The molecule has 48 heavy (non-hydrogen) atoms. The molecular weight excluding hydrogens is 648 g/mol. The number of unbranched alkanes of at least 4 members (excludes halogenated alkanes) is 1. The van der Waals surface area contributed by atoms with Crippen molar-refractivity contribution in [3.05, 3.63) is 82.9 Å².